The number of aromatic nitrogens is 1. The van der Waals surface area contributed by atoms with Gasteiger partial charge in [0.05, 0.1) is 18.4 Å². The predicted molar refractivity (Wildman–Crippen MR) is 106 cm³/mol. The molecule has 2 aromatic heterocycles. The third-order valence-electron chi connectivity index (χ3n) is 4.55. The number of carbonyl (C=O) groups excluding carboxylic acids is 1. The van der Waals surface area contributed by atoms with Gasteiger partial charge in [-0.1, -0.05) is 12.1 Å². The van der Waals surface area contributed by atoms with Crippen LogP contribution in [-0.4, -0.2) is 24.0 Å². The number of nitrogens with zero attached hydrogens (tertiary/aromatic N) is 1. The van der Waals surface area contributed by atoms with Crippen molar-refractivity contribution in [2.75, 3.05) is 19.0 Å². The van der Waals surface area contributed by atoms with E-state index in [4.69, 9.17) is 9.47 Å². The molecular formula is C22H20N2O3. The monoisotopic (exact) mass is 360 g/mol. The zero-order valence-electron chi connectivity index (χ0n) is 15.2. The van der Waals surface area contributed by atoms with Crippen molar-refractivity contribution in [3.8, 4) is 5.75 Å². The number of hydrogen-bond donors (Lipinski definition) is 1. The number of amides is 1. The third kappa shape index (κ3) is 3.44. The molecule has 3 heterocycles. The first-order chi connectivity index (χ1) is 13.1. The summed E-state index contributed by atoms with van der Waals surface area (Å²) in [5.41, 5.74) is 4.25. The highest BCUT2D eigenvalue weighted by atomic mass is 16.5. The molecule has 1 aromatic carbocycles. The quantitative estimate of drug-likeness (QED) is 0.744. The van der Waals surface area contributed by atoms with Crippen LogP contribution in [0.4, 0.5) is 5.69 Å². The molecular weight excluding hydrogens is 340 g/mol. The van der Waals surface area contributed by atoms with Gasteiger partial charge in [-0.05, 0) is 43.3 Å². The minimum absolute atomic E-state index is 0.160. The number of fused-ring (bicyclic) bond motifs is 1. The van der Waals surface area contributed by atoms with Crippen LogP contribution in [0.3, 0.4) is 0 Å². The second-order valence-corrected chi connectivity index (χ2v) is 6.39. The summed E-state index contributed by atoms with van der Waals surface area (Å²) >= 11 is 0. The second-order valence-electron chi connectivity index (χ2n) is 6.39. The van der Waals surface area contributed by atoms with Gasteiger partial charge >= 0.3 is 0 Å². The Balaban J connectivity index is 1.58. The first-order valence-electron chi connectivity index (χ1n) is 8.71. The van der Waals surface area contributed by atoms with Crippen molar-refractivity contribution in [3.05, 3.63) is 83.9 Å². The molecule has 0 radical (unpaired) electrons. The highest BCUT2D eigenvalue weighted by Gasteiger charge is 2.14. The Morgan fingerprint density at radius 1 is 1.19 bits per heavy atom. The van der Waals surface area contributed by atoms with Crippen LogP contribution in [-0.2, 0) is 4.74 Å². The maximum absolute atomic E-state index is 12.6. The zero-order chi connectivity index (χ0) is 18.8. The van der Waals surface area contributed by atoms with Crippen LogP contribution in [0, 0.1) is 0 Å². The van der Waals surface area contributed by atoms with Gasteiger partial charge in [-0.15, -0.1) is 0 Å². The van der Waals surface area contributed by atoms with Gasteiger partial charge in [-0.3, -0.25) is 4.79 Å². The Kier molecular flexibility index (Phi) is 4.42. The summed E-state index contributed by atoms with van der Waals surface area (Å²) in [6.07, 6.45) is 7.70. The largest absolute Gasteiger partial charge is 0.496 e. The van der Waals surface area contributed by atoms with Gasteiger partial charge in [0.2, 0.25) is 0 Å². The molecule has 0 aliphatic carbocycles. The number of rotatable bonds is 4. The van der Waals surface area contributed by atoms with Gasteiger partial charge in [0.1, 0.15) is 12.4 Å². The maximum atomic E-state index is 12.6. The van der Waals surface area contributed by atoms with Crippen molar-refractivity contribution >= 4 is 22.7 Å². The van der Waals surface area contributed by atoms with E-state index >= 15 is 0 Å². The van der Waals surface area contributed by atoms with E-state index in [0.29, 0.717) is 23.6 Å². The number of nitrogens with one attached hydrogen (secondary N) is 1. The predicted octanol–water partition coefficient (Wildman–Crippen LogP) is 4.52. The number of carbonyl (C=O) groups is 1. The van der Waals surface area contributed by atoms with Crippen molar-refractivity contribution in [3.63, 3.8) is 0 Å². The average molecular weight is 360 g/mol. The molecule has 0 bridgehead atoms. The fourth-order valence-electron chi connectivity index (χ4n) is 3.09. The number of methoxy groups -OCH3 is 1. The van der Waals surface area contributed by atoms with Crippen molar-refractivity contribution in [1.29, 1.82) is 0 Å². The fraction of sp³-hybridized carbons (Fsp3) is 0.136. The lowest BCUT2D eigenvalue weighted by molar-refractivity contribution is 0.102. The summed E-state index contributed by atoms with van der Waals surface area (Å²) in [5, 5.41) is 2.94. The molecule has 0 saturated carbocycles. The summed E-state index contributed by atoms with van der Waals surface area (Å²) in [4.78, 5) is 12.6. The van der Waals surface area contributed by atoms with Crippen LogP contribution in [0.15, 0.2) is 72.8 Å². The molecule has 0 spiro atoms. The van der Waals surface area contributed by atoms with E-state index in [0.717, 1.165) is 22.4 Å². The minimum Gasteiger partial charge on any atom is -0.496 e. The zero-order valence-corrected chi connectivity index (χ0v) is 15.2. The number of pyridine rings is 1. The van der Waals surface area contributed by atoms with Crippen LogP contribution in [0.2, 0.25) is 0 Å². The first kappa shape index (κ1) is 17.0. The summed E-state index contributed by atoms with van der Waals surface area (Å²) in [6.45, 7) is 2.43. The molecule has 27 heavy (non-hydrogen) atoms. The van der Waals surface area contributed by atoms with Crippen LogP contribution in [0.5, 0.6) is 5.75 Å². The molecule has 0 unspecified atom stereocenters. The molecule has 1 aliphatic heterocycles. The number of anilines is 1. The van der Waals surface area contributed by atoms with Crippen molar-refractivity contribution in [1.82, 2.24) is 4.40 Å². The molecule has 0 fully saturated rings. The van der Waals surface area contributed by atoms with Gasteiger partial charge < -0.3 is 19.2 Å². The van der Waals surface area contributed by atoms with Gasteiger partial charge in [-0.2, -0.15) is 0 Å². The Labute approximate surface area is 157 Å². The van der Waals surface area contributed by atoms with Gasteiger partial charge in [0, 0.05) is 40.8 Å². The fourth-order valence-corrected chi connectivity index (χ4v) is 3.09. The smallest absolute Gasteiger partial charge is 0.257 e. The highest BCUT2D eigenvalue weighted by molar-refractivity contribution is 6.05. The normalized spacial score (nSPS) is 13.6. The van der Waals surface area contributed by atoms with Crippen LogP contribution >= 0.6 is 0 Å². The van der Waals surface area contributed by atoms with Gasteiger partial charge in [-0.25, -0.2) is 0 Å². The molecule has 4 rings (SSSR count). The number of benzene rings is 1. The van der Waals surface area contributed by atoms with Crippen molar-refractivity contribution in [2.45, 2.75) is 6.92 Å². The number of ether oxygens (including phenoxy) is 2. The lowest BCUT2D eigenvalue weighted by Gasteiger charge is -2.17. The Morgan fingerprint density at radius 2 is 2.07 bits per heavy atom. The third-order valence-corrected chi connectivity index (χ3v) is 4.55. The molecule has 1 amide bonds. The van der Waals surface area contributed by atoms with Gasteiger partial charge in [0.25, 0.3) is 5.91 Å². The number of hydrogen-bond acceptors (Lipinski definition) is 3. The van der Waals surface area contributed by atoms with E-state index in [1.165, 1.54) is 0 Å². The van der Waals surface area contributed by atoms with E-state index in [-0.39, 0.29) is 5.91 Å². The molecule has 1 N–H and O–H groups in total. The number of allylic oxidation sites excluding steroid dienone is 3. The van der Waals surface area contributed by atoms with E-state index in [2.05, 4.69) is 5.32 Å². The topological polar surface area (TPSA) is 52.0 Å². The van der Waals surface area contributed by atoms with Crippen molar-refractivity contribution in [2.24, 2.45) is 0 Å². The van der Waals surface area contributed by atoms with Crippen LogP contribution in [0.1, 0.15) is 22.8 Å². The first-order valence-corrected chi connectivity index (χ1v) is 8.71. The molecule has 5 nitrogen and oxygen atoms in total. The lowest BCUT2D eigenvalue weighted by atomic mass is 10.0. The van der Waals surface area contributed by atoms with Gasteiger partial charge in [0.15, 0.2) is 0 Å². The Hall–Kier alpha value is -3.47. The molecule has 1 aliphatic rings. The molecule has 136 valence electrons. The van der Waals surface area contributed by atoms with Crippen LogP contribution in [0.25, 0.3) is 11.1 Å². The molecule has 0 atom stereocenters. The van der Waals surface area contributed by atoms with Crippen molar-refractivity contribution < 1.29 is 14.3 Å². The molecule has 0 saturated heterocycles. The van der Waals surface area contributed by atoms with E-state index in [9.17, 15) is 4.79 Å². The van der Waals surface area contributed by atoms with E-state index in [1.807, 2.05) is 78.3 Å². The van der Waals surface area contributed by atoms with Crippen LogP contribution < -0.4 is 10.1 Å². The summed E-state index contributed by atoms with van der Waals surface area (Å²) in [6, 6.07) is 13.3. The standard InChI is InChI=1S/C22H20N2O3/c1-15-6-7-16(14-27-15)20-9-8-18(12-21(20)26-2)23-22(25)17-11-19-5-3-4-10-24(19)13-17/h3-13H,14H2,1-2H3,(H,23,25). The second kappa shape index (κ2) is 7.03. The highest BCUT2D eigenvalue weighted by Crippen LogP contribution is 2.31. The van der Waals surface area contributed by atoms with E-state index in [1.54, 1.807) is 7.11 Å². The maximum Gasteiger partial charge on any atom is 0.257 e. The summed E-state index contributed by atoms with van der Waals surface area (Å²) < 4.78 is 13.0. The SMILES string of the molecule is COc1cc(NC(=O)c2cc3ccccn3c2)ccc1C1=CC=C(C)OC1. The minimum atomic E-state index is -0.160. The molecule has 3 aromatic rings. The van der Waals surface area contributed by atoms with E-state index < -0.39 is 0 Å². The lowest BCUT2D eigenvalue weighted by Crippen LogP contribution is -2.11. The Morgan fingerprint density at radius 3 is 2.81 bits per heavy atom. The summed E-state index contributed by atoms with van der Waals surface area (Å²) in [5.74, 6) is 1.42. The Bertz CT molecular complexity index is 1040. The average Bonchev–Trinajstić information content (AvgIpc) is 3.13. The molecule has 5 heteroatoms. The summed E-state index contributed by atoms with van der Waals surface area (Å²) in [7, 11) is 1.62.